The first-order chi connectivity index (χ1) is 14.3. The number of aromatic nitrogens is 4. The number of tetrazole rings is 1. The third kappa shape index (κ3) is 3.94. The van der Waals surface area contributed by atoms with Crippen LogP contribution in [0.15, 0.2) is 24.3 Å². The van der Waals surface area contributed by atoms with Gasteiger partial charge >= 0.3 is 0 Å². The second-order valence-corrected chi connectivity index (χ2v) is 8.88. The molecule has 1 aromatic heterocycles. The van der Waals surface area contributed by atoms with Crippen molar-refractivity contribution in [2.24, 2.45) is 0 Å². The van der Waals surface area contributed by atoms with E-state index in [4.69, 9.17) is 0 Å². The maximum atomic E-state index is 13.6. The van der Waals surface area contributed by atoms with Gasteiger partial charge in [0.25, 0.3) is 0 Å². The van der Waals surface area contributed by atoms with Gasteiger partial charge in [-0.2, -0.15) is 0 Å². The number of halogens is 1. The Morgan fingerprint density at radius 2 is 1.45 bits per heavy atom. The van der Waals surface area contributed by atoms with Crippen LogP contribution in [0.1, 0.15) is 74.8 Å². The molecule has 0 spiro atoms. The van der Waals surface area contributed by atoms with Crippen molar-refractivity contribution >= 4 is 0 Å². The molecule has 3 fully saturated rings. The lowest BCUT2D eigenvalue weighted by molar-refractivity contribution is 0.0764. The molecule has 1 aliphatic heterocycles. The molecular formula is C22H31FN6. The number of hydrogen-bond acceptors (Lipinski definition) is 5. The summed E-state index contributed by atoms with van der Waals surface area (Å²) in [6.07, 6.45) is 10.2. The molecule has 29 heavy (non-hydrogen) atoms. The predicted octanol–water partition coefficient (Wildman–Crippen LogP) is 3.58. The summed E-state index contributed by atoms with van der Waals surface area (Å²) >= 11 is 0. The van der Waals surface area contributed by atoms with Crippen LogP contribution in [0, 0.1) is 5.82 Å². The van der Waals surface area contributed by atoms with Crippen LogP contribution in [-0.4, -0.2) is 62.2 Å². The largest absolute Gasteiger partial charge is 0.298 e. The van der Waals surface area contributed by atoms with Crippen molar-refractivity contribution in [3.05, 3.63) is 41.5 Å². The van der Waals surface area contributed by atoms with Gasteiger partial charge in [-0.05, 0) is 53.8 Å². The van der Waals surface area contributed by atoms with Gasteiger partial charge in [-0.3, -0.25) is 9.80 Å². The molecule has 2 aliphatic carbocycles. The van der Waals surface area contributed by atoms with Gasteiger partial charge in [0, 0.05) is 32.2 Å². The Morgan fingerprint density at radius 1 is 0.828 bits per heavy atom. The summed E-state index contributed by atoms with van der Waals surface area (Å²) in [6.45, 7) is 4.17. The van der Waals surface area contributed by atoms with Crippen LogP contribution < -0.4 is 0 Å². The third-order valence-corrected chi connectivity index (χ3v) is 7.17. The number of nitrogens with zero attached hydrogens (tertiary/aromatic N) is 6. The SMILES string of the molecule is Fc1ccc(C(c2nnnn2C2CCCC2)N2CCN(C3CCCC3)CC2)cc1. The molecule has 2 aromatic rings. The lowest BCUT2D eigenvalue weighted by Gasteiger charge is -2.41. The van der Waals surface area contributed by atoms with Gasteiger partial charge in [0.2, 0.25) is 0 Å². The van der Waals surface area contributed by atoms with Crippen molar-refractivity contribution < 1.29 is 4.39 Å². The Balaban J connectivity index is 1.41. The average Bonchev–Trinajstić information content (AvgIpc) is 3.52. The van der Waals surface area contributed by atoms with E-state index in [1.165, 1.54) is 38.5 Å². The predicted molar refractivity (Wildman–Crippen MR) is 109 cm³/mol. The smallest absolute Gasteiger partial charge is 0.173 e. The standard InChI is InChI=1S/C22H31FN6/c23-18-11-9-17(10-12-18)21(22-24-25-26-29(22)20-7-3-4-8-20)28-15-13-27(14-16-28)19-5-1-2-6-19/h9-12,19-21H,1-8,13-16H2. The molecule has 0 amide bonds. The normalized spacial score (nSPS) is 23.8. The maximum Gasteiger partial charge on any atom is 0.173 e. The Hall–Kier alpha value is -1.86. The topological polar surface area (TPSA) is 50.1 Å². The Labute approximate surface area is 172 Å². The van der Waals surface area contributed by atoms with Crippen LogP contribution in [0.4, 0.5) is 4.39 Å². The molecule has 2 saturated carbocycles. The van der Waals surface area contributed by atoms with Crippen molar-refractivity contribution in [2.45, 2.75) is 69.5 Å². The molecule has 0 radical (unpaired) electrons. The number of benzene rings is 1. The fourth-order valence-corrected chi connectivity index (χ4v) is 5.59. The van der Waals surface area contributed by atoms with Gasteiger partial charge in [0.05, 0.1) is 12.1 Å². The van der Waals surface area contributed by atoms with Crippen molar-refractivity contribution in [2.75, 3.05) is 26.2 Å². The Kier molecular flexibility index (Phi) is 5.59. The van der Waals surface area contributed by atoms with Crippen LogP contribution in [-0.2, 0) is 0 Å². The zero-order valence-corrected chi connectivity index (χ0v) is 17.1. The minimum absolute atomic E-state index is 0.0167. The second kappa shape index (κ2) is 8.48. The molecule has 156 valence electrons. The van der Waals surface area contributed by atoms with Crippen LogP contribution in [0.3, 0.4) is 0 Å². The summed E-state index contributed by atoms with van der Waals surface area (Å²) in [6, 6.07) is 8.06. The van der Waals surface area contributed by atoms with Crippen molar-refractivity contribution in [3.63, 3.8) is 0 Å². The fourth-order valence-electron chi connectivity index (χ4n) is 5.59. The highest BCUT2D eigenvalue weighted by atomic mass is 19.1. The monoisotopic (exact) mass is 398 g/mol. The van der Waals surface area contributed by atoms with Crippen LogP contribution in [0.5, 0.6) is 0 Å². The molecule has 5 rings (SSSR count). The minimum Gasteiger partial charge on any atom is -0.298 e. The lowest BCUT2D eigenvalue weighted by Crippen LogP contribution is -2.51. The fraction of sp³-hybridized carbons (Fsp3) is 0.682. The quantitative estimate of drug-likeness (QED) is 0.771. The highest BCUT2D eigenvalue weighted by molar-refractivity contribution is 5.26. The number of piperazine rings is 1. The highest BCUT2D eigenvalue weighted by Crippen LogP contribution is 2.35. The van der Waals surface area contributed by atoms with E-state index < -0.39 is 0 Å². The molecule has 1 atom stereocenters. The van der Waals surface area contributed by atoms with Crippen molar-refractivity contribution in [3.8, 4) is 0 Å². The molecule has 1 aromatic carbocycles. The van der Waals surface area contributed by atoms with Gasteiger partial charge in [-0.15, -0.1) is 5.10 Å². The first kappa shape index (κ1) is 19.1. The highest BCUT2D eigenvalue weighted by Gasteiger charge is 2.34. The molecule has 7 heteroatoms. The summed E-state index contributed by atoms with van der Waals surface area (Å²) < 4.78 is 15.7. The first-order valence-corrected chi connectivity index (χ1v) is 11.3. The molecule has 2 heterocycles. The van der Waals surface area contributed by atoms with Crippen LogP contribution in [0.2, 0.25) is 0 Å². The van der Waals surface area contributed by atoms with Gasteiger partial charge < -0.3 is 0 Å². The van der Waals surface area contributed by atoms with E-state index >= 15 is 0 Å². The summed E-state index contributed by atoms with van der Waals surface area (Å²) in [7, 11) is 0. The van der Waals surface area contributed by atoms with Crippen molar-refractivity contribution in [1.82, 2.24) is 30.0 Å². The van der Waals surface area contributed by atoms with Gasteiger partial charge in [0.1, 0.15) is 5.82 Å². The van der Waals surface area contributed by atoms with Crippen LogP contribution in [0.25, 0.3) is 0 Å². The van der Waals surface area contributed by atoms with Crippen LogP contribution >= 0.6 is 0 Å². The van der Waals surface area contributed by atoms with Crippen molar-refractivity contribution in [1.29, 1.82) is 0 Å². The third-order valence-electron chi connectivity index (χ3n) is 7.17. The molecule has 1 saturated heterocycles. The molecule has 6 nitrogen and oxygen atoms in total. The molecule has 0 N–H and O–H groups in total. The van der Waals surface area contributed by atoms with E-state index in [1.807, 2.05) is 12.1 Å². The van der Waals surface area contributed by atoms with E-state index in [1.54, 1.807) is 12.1 Å². The van der Waals surface area contributed by atoms with Gasteiger partial charge in [-0.25, -0.2) is 9.07 Å². The average molecular weight is 399 g/mol. The summed E-state index contributed by atoms with van der Waals surface area (Å²) in [5, 5.41) is 12.9. The maximum absolute atomic E-state index is 13.6. The summed E-state index contributed by atoms with van der Waals surface area (Å²) in [4.78, 5) is 5.17. The molecular weight excluding hydrogens is 367 g/mol. The zero-order chi connectivity index (χ0) is 19.6. The summed E-state index contributed by atoms with van der Waals surface area (Å²) in [5.41, 5.74) is 1.08. The molecule has 0 bridgehead atoms. The Morgan fingerprint density at radius 3 is 2.10 bits per heavy atom. The first-order valence-electron chi connectivity index (χ1n) is 11.3. The van der Waals surface area contributed by atoms with E-state index in [9.17, 15) is 4.39 Å². The van der Waals surface area contributed by atoms with E-state index in [-0.39, 0.29) is 11.9 Å². The summed E-state index contributed by atoms with van der Waals surface area (Å²) in [5.74, 6) is 0.715. The van der Waals surface area contributed by atoms with Gasteiger partial charge in [-0.1, -0.05) is 37.8 Å². The van der Waals surface area contributed by atoms with E-state index in [0.29, 0.717) is 6.04 Å². The number of rotatable bonds is 5. The zero-order valence-electron chi connectivity index (χ0n) is 17.1. The second-order valence-electron chi connectivity index (χ2n) is 8.88. The van der Waals surface area contributed by atoms with Gasteiger partial charge in [0.15, 0.2) is 5.82 Å². The molecule has 1 unspecified atom stereocenters. The molecule has 3 aliphatic rings. The lowest BCUT2D eigenvalue weighted by atomic mass is 10.0. The van der Waals surface area contributed by atoms with E-state index in [2.05, 4.69) is 30.0 Å². The Bertz CT molecular complexity index is 786. The minimum atomic E-state index is -0.200. The van der Waals surface area contributed by atoms with E-state index in [0.717, 1.165) is 56.5 Å². The number of hydrogen-bond donors (Lipinski definition) is 0.